The number of pyridine rings is 1. The summed E-state index contributed by atoms with van der Waals surface area (Å²) in [6, 6.07) is 71.0. The van der Waals surface area contributed by atoms with Crippen molar-refractivity contribution in [1.82, 2.24) is 24.5 Å². The normalized spacial score (nSPS) is 11.5. The Morgan fingerprint density at radius 1 is 0.355 bits per heavy atom. The van der Waals surface area contributed by atoms with Crippen molar-refractivity contribution in [3.63, 3.8) is 0 Å². The van der Waals surface area contributed by atoms with Gasteiger partial charge < -0.3 is 8.98 Å². The maximum absolute atomic E-state index is 7.17. The van der Waals surface area contributed by atoms with Crippen LogP contribution in [0.1, 0.15) is 0 Å². The fourth-order valence-corrected chi connectivity index (χ4v) is 8.88. The molecule has 62 heavy (non-hydrogen) atoms. The Morgan fingerprint density at radius 2 is 0.887 bits per heavy atom. The van der Waals surface area contributed by atoms with E-state index in [9.17, 15) is 0 Å². The van der Waals surface area contributed by atoms with Crippen LogP contribution in [0, 0.1) is 0 Å². The summed E-state index contributed by atoms with van der Waals surface area (Å²) in [5.74, 6) is 1.67. The van der Waals surface area contributed by atoms with Gasteiger partial charge in [-0.2, -0.15) is 0 Å². The first-order chi connectivity index (χ1) is 30.8. The third-order valence-electron chi connectivity index (χ3n) is 11.7. The summed E-state index contributed by atoms with van der Waals surface area (Å²) in [4.78, 5) is 20.9. The van der Waals surface area contributed by atoms with Gasteiger partial charge in [0.15, 0.2) is 17.5 Å². The van der Waals surface area contributed by atoms with Crippen LogP contribution in [0.5, 0.6) is 0 Å². The number of hydrogen-bond acceptors (Lipinski definition) is 5. The number of aromatic nitrogens is 5. The minimum Gasteiger partial charge on any atom is -0.455 e. The molecule has 0 aliphatic rings. The maximum atomic E-state index is 7.17. The largest absolute Gasteiger partial charge is 0.455 e. The molecule has 0 fully saturated rings. The van der Waals surface area contributed by atoms with Gasteiger partial charge in [-0.05, 0) is 59.2 Å². The van der Waals surface area contributed by atoms with Gasteiger partial charge in [-0.15, -0.1) is 0 Å². The first-order valence-corrected chi connectivity index (χ1v) is 20.7. The zero-order valence-electron chi connectivity index (χ0n) is 33.4. The van der Waals surface area contributed by atoms with Crippen LogP contribution in [-0.4, -0.2) is 24.5 Å². The third kappa shape index (κ3) is 5.88. The molecule has 0 saturated carbocycles. The Hall–Kier alpha value is -8.48. The SMILES string of the molecule is c1ccc(-c2nc(-c3ccccc3)nc(-c3cc(-c4ccccc4-c4ccccc4)cnc3-c3cccc4c3oc3c4ccc4c3c3ccccc3n4-c3ccccc3)n2)cc1. The van der Waals surface area contributed by atoms with E-state index < -0.39 is 0 Å². The van der Waals surface area contributed by atoms with Crippen molar-refractivity contribution < 1.29 is 4.42 Å². The third-order valence-corrected chi connectivity index (χ3v) is 11.7. The zero-order valence-corrected chi connectivity index (χ0v) is 33.4. The smallest absolute Gasteiger partial charge is 0.166 e. The first kappa shape index (κ1) is 35.5. The molecule has 290 valence electrons. The maximum Gasteiger partial charge on any atom is 0.166 e. The predicted molar refractivity (Wildman–Crippen MR) is 252 cm³/mol. The van der Waals surface area contributed by atoms with Crippen LogP contribution in [-0.2, 0) is 0 Å². The number of nitrogens with zero attached hydrogens (tertiary/aromatic N) is 5. The number of furan rings is 1. The van der Waals surface area contributed by atoms with Crippen LogP contribution < -0.4 is 0 Å². The Balaban J connectivity index is 1.14. The molecule has 0 aliphatic heterocycles. The van der Waals surface area contributed by atoms with Gasteiger partial charge in [0.1, 0.15) is 11.2 Å². The highest BCUT2D eigenvalue weighted by atomic mass is 16.3. The average molecular weight is 794 g/mol. The molecular weight excluding hydrogens is 759 g/mol. The number of fused-ring (bicyclic) bond motifs is 7. The lowest BCUT2D eigenvalue weighted by molar-refractivity contribution is 0.674. The molecule has 0 amide bonds. The van der Waals surface area contributed by atoms with E-state index >= 15 is 0 Å². The molecular formula is C56H35N5O. The summed E-state index contributed by atoms with van der Waals surface area (Å²) in [5.41, 5.74) is 13.2. The van der Waals surface area contributed by atoms with Gasteiger partial charge in [0.25, 0.3) is 0 Å². The van der Waals surface area contributed by atoms with Crippen LogP contribution >= 0.6 is 0 Å². The molecule has 0 N–H and O–H groups in total. The topological polar surface area (TPSA) is 69.6 Å². The standard InChI is InChI=1S/C56H35N5O/c1-5-18-36(19-6-1)41-26-13-14-27-42(41)39-34-47(56-59-54(37-20-7-2-8-21-37)58-55(60-56)38-22-9-3-10-23-38)51(57-35-39)46-30-17-29-43-44-32-33-49-50(53(44)62-52(43)46)45-28-15-16-31-48(45)61(49)40-24-11-4-12-25-40/h1-35H. The Kier molecular flexibility index (Phi) is 8.38. The highest BCUT2D eigenvalue weighted by molar-refractivity contribution is 6.24. The van der Waals surface area contributed by atoms with Gasteiger partial charge in [-0.25, -0.2) is 15.0 Å². The summed E-state index contributed by atoms with van der Waals surface area (Å²) >= 11 is 0. The van der Waals surface area contributed by atoms with Crippen molar-refractivity contribution in [3.05, 3.63) is 212 Å². The van der Waals surface area contributed by atoms with E-state index in [4.69, 9.17) is 24.4 Å². The van der Waals surface area contributed by atoms with E-state index in [2.05, 4.69) is 144 Å². The van der Waals surface area contributed by atoms with Crippen molar-refractivity contribution in [2.24, 2.45) is 0 Å². The van der Waals surface area contributed by atoms with Crippen molar-refractivity contribution in [2.75, 3.05) is 0 Å². The summed E-state index contributed by atoms with van der Waals surface area (Å²) in [6.45, 7) is 0. The van der Waals surface area contributed by atoms with Crippen molar-refractivity contribution in [1.29, 1.82) is 0 Å². The van der Waals surface area contributed by atoms with Gasteiger partial charge in [-0.3, -0.25) is 4.98 Å². The molecule has 6 nitrogen and oxygen atoms in total. The van der Waals surface area contributed by atoms with Crippen molar-refractivity contribution in [2.45, 2.75) is 0 Å². The van der Waals surface area contributed by atoms with Crippen LogP contribution in [0.3, 0.4) is 0 Å². The fourth-order valence-electron chi connectivity index (χ4n) is 8.88. The lowest BCUT2D eigenvalue weighted by Crippen LogP contribution is -2.02. The highest BCUT2D eigenvalue weighted by Crippen LogP contribution is 2.45. The minimum absolute atomic E-state index is 0.515. The second-order valence-corrected chi connectivity index (χ2v) is 15.4. The second-order valence-electron chi connectivity index (χ2n) is 15.4. The molecule has 0 radical (unpaired) electrons. The van der Waals surface area contributed by atoms with Crippen LogP contribution in [0.25, 0.3) is 117 Å². The molecule has 12 rings (SSSR count). The molecule has 0 aliphatic carbocycles. The number of benzene rings is 8. The summed E-state index contributed by atoms with van der Waals surface area (Å²) in [6.07, 6.45) is 1.96. The van der Waals surface area contributed by atoms with Gasteiger partial charge in [0.05, 0.1) is 22.1 Å². The molecule has 0 bridgehead atoms. The predicted octanol–water partition coefficient (Wildman–Crippen LogP) is 14.3. The van der Waals surface area contributed by atoms with Gasteiger partial charge in [0.2, 0.25) is 0 Å². The number of hydrogen-bond donors (Lipinski definition) is 0. The number of rotatable bonds is 7. The van der Waals surface area contributed by atoms with E-state index in [1.165, 1.54) is 0 Å². The highest BCUT2D eigenvalue weighted by Gasteiger charge is 2.24. The molecule has 12 aromatic rings. The van der Waals surface area contributed by atoms with Gasteiger partial charge in [0, 0.05) is 55.9 Å². The molecule has 0 saturated heterocycles. The molecule has 0 spiro atoms. The van der Waals surface area contributed by atoms with E-state index in [1.807, 2.05) is 72.9 Å². The van der Waals surface area contributed by atoms with Gasteiger partial charge in [-0.1, -0.05) is 164 Å². The molecule has 0 unspecified atom stereocenters. The van der Waals surface area contributed by atoms with Gasteiger partial charge >= 0.3 is 0 Å². The fraction of sp³-hybridized carbons (Fsp3) is 0. The monoisotopic (exact) mass is 793 g/mol. The van der Waals surface area contributed by atoms with E-state index in [-0.39, 0.29) is 0 Å². The van der Waals surface area contributed by atoms with E-state index in [0.29, 0.717) is 23.2 Å². The molecule has 4 aromatic heterocycles. The number of para-hydroxylation sites is 3. The summed E-state index contributed by atoms with van der Waals surface area (Å²) in [7, 11) is 0. The van der Waals surface area contributed by atoms with Crippen LogP contribution in [0.15, 0.2) is 217 Å². The lowest BCUT2D eigenvalue weighted by atomic mass is 9.93. The first-order valence-electron chi connectivity index (χ1n) is 20.7. The van der Waals surface area contributed by atoms with Crippen LogP contribution in [0.4, 0.5) is 0 Å². The summed E-state index contributed by atoms with van der Waals surface area (Å²) < 4.78 is 9.49. The Bertz CT molecular complexity index is 3560. The quantitative estimate of drug-likeness (QED) is 0.161. The summed E-state index contributed by atoms with van der Waals surface area (Å²) in [5, 5.41) is 4.25. The molecule has 8 aromatic carbocycles. The van der Waals surface area contributed by atoms with E-state index in [1.54, 1.807) is 0 Å². The molecule has 4 heterocycles. The van der Waals surface area contributed by atoms with E-state index in [0.717, 1.165) is 93.9 Å². The Morgan fingerprint density at radius 3 is 1.58 bits per heavy atom. The zero-order chi connectivity index (χ0) is 41.0. The Labute approximate surface area is 357 Å². The van der Waals surface area contributed by atoms with Crippen molar-refractivity contribution >= 4 is 43.7 Å². The second kappa shape index (κ2) is 14.7. The molecule has 0 atom stereocenters. The average Bonchev–Trinajstić information content (AvgIpc) is 3.91. The van der Waals surface area contributed by atoms with Crippen molar-refractivity contribution in [3.8, 4) is 73.4 Å². The lowest BCUT2D eigenvalue weighted by Gasteiger charge is -2.15. The van der Waals surface area contributed by atoms with Crippen LogP contribution in [0.2, 0.25) is 0 Å². The molecule has 6 heteroatoms. The minimum atomic E-state index is 0.515.